The molecule has 2 amide bonds. The molecule has 1 aromatic heterocycles. The van der Waals surface area contributed by atoms with E-state index in [1.807, 2.05) is 18.2 Å². The lowest BCUT2D eigenvalue weighted by atomic mass is 9.58. The van der Waals surface area contributed by atoms with Gasteiger partial charge < -0.3 is 15.6 Å². The number of hydrogen-bond donors (Lipinski definition) is 3. The number of imidazole rings is 1. The van der Waals surface area contributed by atoms with Crippen LogP contribution in [-0.2, 0) is 16.1 Å². The summed E-state index contributed by atoms with van der Waals surface area (Å²) in [5.41, 5.74) is 2.57. The summed E-state index contributed by atoms with van der Waals surface area (Å²) in [6.07, 6.45) is 7.60. The van der Waals surface area contributed by atoms with Crippen molar-refractivity contribution in [3.63, 3.8) is 0 Å². The minimum absolute atomic E-state index is 0.0947. The third-order valence-electron chi connectivity index (χ3n) is 6.46. The third-order valence-corrected chi connectivity index (χ3v) is 6.46. The average molecular weight is 383 g/mol. The molecule has 150 valence electrons. The van der Waals surface area contributed by atoms with Crippen LogP contribution in [0.4, 0.5) is 5.69 Å². The van der Waals surface area contributed by atoms with Gasteiger partial charge in [-0.15, -0.1) is 0 Å². The maximum absolute atomic E-state index is 12.8. The standard InChI is InChI=1S/C22H30N4O2/c1-14-5-15-7-16(6-14)10-22(2,9-15)11-21(28)24-17-3-4-18-19(8-17)26-20(25-18)12-23-13-27/h3-4,8,13-16H,5-7,9-12H2,1-2H3,(H,23,27)(H,24,28)(H,25,26). The molecular weight excluding hydrogens is 352 g/mol. The van der Waals surface area contributed by atoms with E-state index in [-0.39, 0.29) is 11.3 Å². The number of amides is 2. The van der Waals surface area contributed by atoms with Crippen LogP contribution in [-0.4, -0.2) is 22.3 Å². The van der Waals surface area contributed by atoms with E-state index < -0.39 is 0 Å². The second-order valence-electron chi connectivity index (χ2n) is 9.40. The van der Waals surface area contributed by atoms with E-state index in [9.17, 15) is 9.59 Å². The molecule has 6 heteroatoms. The van der Waals surface area contributed by atoms with Crippen LogP contribution < -0.4 is 10.6 Å². The van der Waals surface area contributed by atoms with Gasteiger partial charge in [-0.2, -0.15) is 0 Å². The van der Waals surface area contributed by atoms with Gasteiger partial charge in [0.05, 0.1) is 17.6 Å². The van der Waals surface area contributed by atoms with E-state index in [2.05, 4.69) is 34.4 Å². The number of nitrogens with one attached hydrogen (secondary N) is 3. The Labute approximate surface area is 165 Å². The van der Waals surface area contributed by atoms with Gasteiger partial charge >= 0.3 is 0 Å². The Bertz CT molecular complexity index is 857. The van der Waals surface area contributed by atoms with E-state index in [1.165, 1.54) is 32.1 Å². The van der Waals surface area contributed by atoms with Crippen molar-refractivity contribution in [3.8, 4) is 0 Å². The minimum Gasteiger partial charge on any atom is -0.351 e. The minimum atomic E-state index is 0.0947. The van der Waals surface area contributed by atoms with Crippen LogP contribution in [0.3, 0.4) is 0 Å². The van der Waals surface area contributed by atoms with Crippen molar-refractivity contribution in [2.45, 2.75) is 58.9 Å². The zero-order valence-corrected chi connectivity index (χ0v) is 16.8. The molecule has 2 aliphatic rings. The summed E-state index contributed by atoms with van der Waals surface area (Å²) >= 11 is 0. The number of carbonyl (C=O) groups excluding carboxylic acids is 2. The second-order valence-corrected chi connectivity index (χ2v) is 9.40. The number of anilines is 1. The molecular formula is C22H30N4O2. The molecule has 2 fully saturated rings. The highest BCUT2D eigenvalue weighted by Gasteiger charge is 2.41. The first-order chi connectivity index (χ1) is 13.4. The van der Waals surface area contributed by atoms with Crippen LogP contribution in [0.5, 0.6) is 0 Å². The maximum Gasteiger partial charge on any atom is 0.224 e. The molecule has 1 aromatic carbocycles. The molecule has 0 spiro atoms. The van der Waals surface area contributed by atoms with Crippen molar-refractivity contribution < 1.29 is 9.59 Å². The molecule has 4 rings (SSSR count). The van der Waals surface area contributed by atoms with Crippen molar-refractivity contribution >= 4 is 29.0 Å². The van der Waals surface area contributed by atoms with Gasteiger partial charge in [-0.3, -0.25) is 9.59 Å². The lowest BCUT2D eigenvalue weighted by Gasteiger charge is -2.47. The molecule has 2 aromatic rings. The van der Waals surface area contributed by atoms with Crippen LogP contribution in [0, 0.1) is 23.2 Å². The van der Waals surface area contributed by atoms with Crippen molar-refractivity contribution in [2.24, 2.45) is 23.2 Å². The number of H-pyrrole nitrogens is 1. The number of nitrogens with zero attached hydrogens (tertiary/aromatic N) is 1. The summed E-state index contributed by atoms with van der Waals surface area (Å²) in [5, 5.41) is 5.67. The van der Waals surface area contributed by atoms with Crippen LogP contribution in [0.2, 0.25) is 0 Å². The van der Waals surface area contributed by atoms with Gasteiger partial charge in [-0.25, -0.2) is 4.98 Å². The van der Waals surface area contributed by atoms with Crippen molar-refractivity contribution in [1.82, 2.24) is 15.3 Å². The summed E-state index contributed by atoms with van der Waals surface area (Å²) in [5.74, 6) is 3.22. The molecule has 2 atom stereocenters. The largest absolute Gasteiger partial charge is 0.351 e. The SMILES string of the molecule is CC1CC2CC(C1)CC(C)(CC(=O)Nc1ccc3nc(CNC=O)[nH]c3c1)C2. The number of benzene rings is 1. The van der Waals surface area contributed by atoms with E-state index >= 15 is 0 Å². The predicted molar refractivity (Wildman–Crippen MR) is 110 cm³/mol. The van der Waals surface area contributed by atoms with E-state index in [0.29, 0.717) is 25.2 Å². The second kappa shape index (κ2) is 7.57. The number of carbonyl (C=O) groups is 2. The fourth-order valence-electron chi connectivity index (χ4n) is 5.81. The third kappa shape index (κ3) is 4.21. The molecule has 2 unspecified atom stereocenters. The van der Waals surface area contributed by atoms with E-state index in [4.69, 9.17) is 0 Å². The Morgan fingerprint density at radius 2 is 2.04 bits per heavy atom. The Balaban J connectivity index is 1.40. The summed E-state index contributed by atoms with van der Waals surface area (Å²) in [7, 11) is 0. The van der Waals surface area contributed by atoms with Gasteiger partial charge in [0.25, 0.3) is 0 Å². The number of rotatable bonds is 6. The maximum atomic E-state index is 12.8. The molecule has 2 bridgehead atoms. The highest BCUT2D eigenvalue weighted by Crippen LogP contribution is 2.51. The highest BCUT2D eigenvalue weighted by molar-refractivity contribution is 5.93. The van der Waals surface area contributed by atoms with Crippen molar-refractivity contribution in [3.05, 3.63) is 24.0 Å². The van der Waals surface area contributed by atoms with Crippen molar-refractivity contribution in [2.75, 3.05) is 5.32 Å². The molecule has 28 heavy (non-hydrogen) atoms. The normalized spacial score (nSPS) is 29.4. The quantitative estimate of drug-likeness (QED) is 0.660. The smallest absolute Gasteiger partial charge is 0.224 e. The first-order valence-corrected chi connectivity index (χ1v) is 10.4. The topological polar surface area (TPSA) is 86.9 Å². The number of aromatic nitrogens is 2. The number of aromatic amines is 1. The molecule has 0 radical (unpaired) electrons. The Morgan fingerprint density at radius 3 is 2.75 bits per heavy atom. The van der Waals surface area contributed by atoms with Gasteiger partial charge in [0.2, 0.25) is 12.3 Å². The van der Waals surface area contributed by atoms with Gasteiger partial charge in [-0.05, 0) is 73.5 Å². The highest BCUT2D eigenvalue weighted by atomic mass is 16.1. The number of fused-ring (bicyclic) bond motifs is 3. The van der Waals surface area contributed by atoms with Crippen LogP contribution >= 0.6 is 0 Å². The first-order valence-electron chi connectivity index (χ1n) is 10.4. The molecule has 3 N–H and O–H groups in total. The monoisotopic (exact) mass is 382 g/mol. The van der Waals surface area contributed by atoms with Crippen LogP contribution in [0.1, 0.15) is 58.2 Å². The predicted octanol–water partition coefficient (Wildman–Crippen LogP) is 3.99. The zero-order chi connectivity index (χ0) is 19.7. The van der Waals surface area contributed by atoms with Gasteiger partial charge in [0.1, 0.15) is 5.82 Å². The molecule has 0 saturated heterocycles. The molecule has 6 nitrogen and oxygen atoms in total. The van der Waals surface area contributed by atoms with Crippen LogP contribution in [0.15, 0.2) is 18.2 Å². The summed E-state index contributed by atoms with van der Waals surface area (Å²) in [4.78, 5) is 30.8. The fraction of sp³-hybridized carbons (Fsp3) is 0.591. The fourth-order valence-corrected chi connectivity index (χ4v) is 5.81. The van der Waals surface area contributed by atoms with Crippen LogP contribution in [0.25, 0.3) is 11.0 Å². The Hall–Kier alpha value is -2.37. The Kier molecular flexibility index (Phi) is 5.13. The van der Waals surface area contributed by atoms with Gasteiger partial charge in [-0.1, -0.05) is 13.8 Å². The summed E-state index contributed by atoms with van der Waals surface area (Å²) in [6.45, 7) is 5.03. The Morgan fingerprint density at radius 1 is 1.29 bits per heavy atom. The average Bonchev–Trinajstić information content (AvgIpc) is 3.00. The summed E-state index contributed by atoms with van der Waals surface area (Å²) < 4.78 is 0. The molecule has 1 heterocycles. The lowest BCUT2D eigenvalue weighted by Crippen LogP contribution is -2.38. The van der Waals surface area contributed by atoms with Gasteiger partial charge in [0, 0.05) is 12.1 Å². The first kappa shape index (κ1) is 19.0. The molecule has 0 aliphatic heterocycles. The van der Waals surface area contributed by atoms with Crippen molar-refractivity contribution in [1.29, 1.82) is 0 Å². The van der Waals surface area contributed by atoms with E-state index in [1.54, 1.807) is 0 Å². The summed E-state index contributed by atoms with van der Waals surface area (Å²) in [6, 6.07) is 5.68. The van der Waals surface area contributed by atoms with E-state index in [0.717, 1.165) is 34.5 Å². The number of hydrogen-bond acceptors (Lipinski definition) is 3. The van der Waals surface area contributed by atoms with Gasteiger partial charge in [0.15, 0.2) is 0 Å². The molecule has 2 aliphatic carbocycles. The lowest BCUT2D eigenvalue weighted by molar-refractivity contribution is -0.119. The molecule has 2 saturated carbocycles. The zero-order valence-electron chi connectivity index (χ0n) is 16.8.